The van der Waals surface area contributed by atoms with Gasteiger partial charge in [-0.05, 0) is 31.7 Å². The Balaban J connectivity index is 2.15. The second-order valence-corrected chi connectivity index (χ2v) is 7.78. The van der Waals surface area contributed by atoms with E-state index >= 15 is 0 Å². The fourth-order valence-corrected chi connectivity index (χ4v) is 4.87. The van der Waals surface area contributed by atoms with Gasteiger partial charge in [-0.1, -0.05) is 6.92 Å². The van der Waals surface area contributed by atoms with Gasteiger partial charge < -0.3 is 9.88 Å². The largest absolute Gasteiger partial charge is 0.349 e. The van der Waals surface area contributed by atoms with Crippen LogP contribution in [0, 0.1) is 0 Å². The molecule has 0 radical (unpaired) electrons. The van der Waals surface area contributed by atoms with Crippen LogP contribution >= 0.6 is 11.8 Å². The average molecular weight is 317 g/mol. The average Bonchev–Trinajstić information content (AvgIpc) is 3.04. The predicted molar refractivity (Wildman–Crippen MR) is 83.5 cm³/mol. The molecule has 114 valence electrons. The minimum Gasteiger partial charge on any atom is -0.349 e. The summed E-state index contributed by atoms with van der Waals surface area (Å²) >= 11 is 1.80. The Morgan fingerprint density at radius 3 is 2.85 bits per heavy atom. The summed E-state index contributed by atoms with van der Waals surface area (Å²) in [6.45, 7) is 6.40. The van der Waals surface area contributed by atoms with E-state index < -0.39 is 10.0 Å². The van der Waals surface area contributed by atoms with Crippen molar-refractivity contribution < 1.29 is 8.42 Å². The van der Waals surface area contributed by atoms with Gasteiger partial charge in [-0.15, -0.1) is 0 Å². The second kappa shape index (κ2) is 6.98. The maximum Gasteiger partial charge on any atom is 0.242 e. The molecule has 2 rings (SSSR count). The smallest absolute Gasteiger partial charge is 0.242 e. The highest BCUT2D eigenvalue weighted by atomic mass is 32.2. The molecule has 1 aromatic heterocycles. The molecule has 1 atom stereocenters. The van der Waals surface area contributed by atoms with Crippen LogP contribution in [0.5, 0.6) is 0 Å². The highest BCUT2D eigenvalue weighted by molar-refractivity contribution is 7.99. The van der Waals surface area contributed by atoms with Gasteiger partial charge >= 0.3 is 0 Å². The molecule has 0 aromatic carbocycles. The number of nitrogens with zero attached hydrogens (tertiary/aromatic N) is 1. The minimum absolute atomic E-state index is 0.0761. The Hall–Kier alpha value is -0.500. The second-order valence-electron chi connectivity index (χ2n) is 4.92. The zero-order valence-electron chi connectivity index (χ0n) is 12.1. The van der Waals surface area contributed by atoms with Crippen LogP contribution in [-0.4, -0.2) is 37.1 Å². The molecule has 7 heteroatoms. The first-order valence-corrected chi connectivity index (χ1v) is 9.70. The summed E-state index contributed by atoms with van der Waals surface area (Å²) in [7, 11) is -3.39. The third kappa shape index (κ3) is 3.78. The first-order chi connectivity index (χ1) is 9.56. The maximum absolute atomic E-state index is 12.4. The van der Waals surface area contributed by atoms with E-state index in [1.165, 1.54) is 0 Å². The standard InChI is InChI=1S/C13H23N3O2S2/c1-3-14-8-12-7-13(9-16(12)4-2)20(17,18)15-11-5-6-19-10-11/h7,9,11,14-15H,3-6,8,10H2,1-2H3. The van der Waals surface area contributed by atoms with Crippen LogP contribution < -0.4 is 10.0 Å². The highest BCUT2D eigenvalue weighted by Crippen LogP contribution is 2.21. The number of aromatic nitrogens is 1. The third-order valence-electron chi connectivity index (χ3n) is 3.42. The summed E-state index contributed by atoms with van der Waals surface area (Å²) in [6, 6.07) is 1.85. The lowest BCUT2D eigenvalue weighted by atomic mass is 10.3. The lowest BCUT2D eigenvalue weighted by Crippen LogP contribution is -2.34. The van der Waals surface area contributed by atoms with E-state index in [0.717, 1.165) is 36.7 Å². The molecule has 2 N–H and O–H groups in total. The van der Waals surface area contributed by atoms with Crippen molar-refractivity contribution in [2.75, 3.05) is 18.1 Å². The normalized spacial score (nSPS) is 19.6. The molecule has 1 saturated heterocycles. The molecular weight excluding hydrogens is 294 g/mol. The van der Waals surface area contributed by atoms with Crippen molar-refractivity contribution in [3.05, 3.63) is 18.0 Å². The van der Waals surface area contributed by atoms with Crippen LogP contribution in [0.4, 0.5) is 0 Å². The summed E-state index contributed by atoms with van der Waals surface area (Å²) < 4.78 is 29.6. The monoisotopic (exact) mass is 317 g/mol. The Morgan fingerprint density at radius 1 is 1.45 bits per heavy atom. The summed E-state index contributed by atoms with van der Waals surface area (Å²) in [6.07, 6.45) is 2.65. The van der Waals surface area contributed by atoms with Crippen LogP contribution in [0.3, 0.4) is 0 Å². The van der Waals surface area contributed by atoms with Gasteiger partial charge in [0.2, 0.25) is 10.0 Å². The summed E-state index contributed by atoms with van der Waals surface area (Å²) in [5.41, 5.74) is 1.01. The first-order valence-electron chi connectivity index (χ1n) is 7.06. The zero-order valence-corrected chi connectivity index (χ0v) is 13.7. The maximum atomic E-state index is 12.4. The molecule has 1 unspecified atom stereocenters. The predicted octanol–water partition coefficient (Wildman–Crippen LogP) is 1.40. The molecule has 0 aliphatic carbocycles. The van der Waals surface area contributed by atoms with Crippen molar-refractivity contribution in [1.29, 1.82) is 0 Å². The van der Waals surface area contributed by atoms with Crippen LogP contribution in [0.15, 0.2) is 17.2 Å². The van der Waals surface area contributed by atoms with E-state index in [9.17, 15) is 8.42 Å². The lowest BCUT2D eigenvalue weighted by Gasteiger charge is -2.10. The molecule has 1 aliphatic rings. The summed E-state index contributed by atoms with van der Waals surface area (Å²) in [5, 5.41) is 3.24. The number of hydrogen-bond acceptors (Lipinski definition) is 4. The molecular formula is C13H23N3O2S2. The Morgan fingerprint density at radius 2 is 2.25 bits per heavy atom. The molecule has 1 fully saturated rings. The SMILES string of the molecule is CCNCc1cc(S(=O)(=O)NC2CCSC2)cn1CC. The Bertz CT molecular complexity index is 534. The van der Waals surface area contributed by atoms with E-state index in [1.807, 2.05) is 18.4 Å². The van der Waals surface area contributed by atoms with Gasteiger partial charge in [0.05, 0.1) is 4.90 Å². The Labute approximate surface area is 125 Å². The van der Waals surface area contributed by atoms with Crippen molar-refractivity contribution in [2.24, 2.45) is 0 Å². The topological polar surface area (TPSA) is 63.1 Å². The van der Waals surface area contributed by atoms with E-state index in [-0.39, 0.29) is 6.04 Å². The van der Waals surface area contributed by atoms with Crippen molar-refractivity contribution >= 4 is 21.8 Å². The number of nitrogens with one attached hydrogen (secondary N) is 2. The van der Waals surface area contributed by atoms with Gasteiger partial charge in [0.25, 0.3) is 0 Å². The Kier molecular flexibility index (Phi) is 5.54. The van der Waals surface area contributed by atoms with Crippen molar-refractivity contribution in [3.63, 3.8) is 0 Å². The highest BCUT2D eigenvalue weighted by Gasteiger charge is 2.24. The van der Waals surface area contributed by atoms with Crippen LogP contribution in [0.1, 0.15) is 26.0 Å². The molecule has 0 saturated carbocycles. The molecule has 20 heavy (non-hydrogen) atoms. The molecule has 1 aliphatic heterocycles. The van der Waals surface area contributed by atoms with Crippen LogP contribution in [0.2, 0.25) is 0 Å². The zero-order chi connectivity index (χ0) is 14.6. The molecule has 2 heterocycles. The van der Waals surface area contributed by atoms with E-state index in [4.69, 9.17) is 0 Å². The van der Waals surface area contributed by atoms with Gasteiger partial charge in [-0.25, -0.2) is 13.1 Å². The van der Waals surface area contributed by atoms with E-state index in [0.29, 0.717) is 11.4 Å². The van der Waals surface area contributed by atoms with E-state index in [2.05, 4.69) is 10.0 Å². The number of thioether (sulfide) groups is 1. The van der Waals surface area contributed by atoms with Crippen molar-refractivity contribution in [3.8, 4) is 0 Å². The first kappa shape index (κ1) is 15.9. The number of rotatable bonds is 7. The van der Waals surface area contributed by atoms with Gasteiger partial charge in [-0.2, -0.15) is 11.8 Å². The molecule has 5 nitrogen and oxygen atoms in total. The third-order valence-corrected chi connectivity index (χ3v) is 6.07. The molecule has 0 spiro atoms. The minimum atomic E-state index is -3.39. The van der Waals surface area contributed by atoms with Gasteiger partial charge in [0.15, 0.2) is 0 Å². The number of aryl methyl sites for hydroxylation is 1. The summed E-state index contributed by atoms with van der Waals surface area (Å²) in [5.74, 6) is 1.91. The lowest BCUT2D eigenvalue weighted by molar-refractivity contribution is 0.563. The van der Waals surface area contributed by atoms with Crippen LogP contribution in [0.25, 0.3) is 0 Å². The van der Waals surface area contributed by atoms with Crippen LogP contribution in [-0.2, 0) is 23.1 Å². The van der Waals surface area contributed by atoms with Gasteiger partial charge in [-0.3, -0.25) is 0 Å². The quantitative estimate of drug-likeness (QED) is 0.798. The van der Waals surface area contributed by atoms with Crippen molar-refractivity contribution in [2.45, 2.75) is 44.3 Å². The fourth-order valence-electron chi connectivity index (χ4n) is 2.28. The summed E-state index contributed by atoms with van der Waals surface area (Å²) in [4.78, 5) is 0.379. The molecule has 0 amide bonds. The molecule has 0 bridgehead atoms. The fraction of sp³-hybridized carbons (Fsp3) is 0.692. The van der Waals surface area contributed by atoms with Crippen molar-refractivity contribution in [1.82, 2.24) is 14.6 Å². The van der Waals surface area contributed by atoms with E-state index in [1.54, 1.807) is 24.0 Å². The number of hydrogen-bond donors (Lipinski definition) is 2. The van der Waals surface area contributed by atoms with Gasteiger partial charge in [0, 0.05) is 36.8 Å². The van der Waals surface area contributed by atoms with Gasteiger partial charge in [0.1, 0.15) is 0 Å². The molecule has 1 aromatic rings. The number of sulfonamides is 1.